The molecular weight excluding hydrogens is 246 g/mol. The van der Waals surface area contributed by atoms with Crippen LogP contribution in [-0.2, 0) is 4.79 Å². The Kier molecular flexibility index (Phi) is 3.72. The van der Waals surface area contributed by atoms with E-state index in [1.165, 1.54) is 29.2 Å². The van der Waals surface area contributed by atoms with Gasteiger partial charge in [-0.1, -0.05) is 49.2 Å². The van der Waals surface area contributed by atoms with Gasteiger partial charge < -0.3 is 5.32 Å². The molecule has 20 heavy (non-hydrogen) atoms. The van der Waals surface area contributed by atoms with Crippen molar-refractivity contribution in [3.05, 3.63) is 48.0 Å². The van der Waals surface area contributed by atoms with Gasteiger partial charge in [0.05, 0.1) is 6.04 Å². The Labute approximate surface area is 120 Å². The first-order valence-corrected chi connectivity index (χ1v) is 7.53. The second-order valence-electron chi connectivity index (χ2n) is 5.82. The first-order valence-electron chi connectivity index (χ1n) is 7.53. The Morgan fingerprint density at radius 3 is 2.55 bits per heavy atom. The fourth-order valence-electron chi connectivity index (χ4n) is 3.08. The number of benzene rings is 2. The van der Waals surface area contributed by atoms with Crippen molar-refractivity contribution in [2.75, 3.05) is 0 Å². The zero-order valence-electron chi connectivity index (χ0n) is 11.9. The summed E-state index contributed by atoms with van der Waals surface area (Å²) in [6.45, 7) is 2.07. The summed E-state index contributed by atoms with van der Waals surface area (Å²) in [5.74, 6) is 0.459. The second-order valence-corrected chi connectivity index (χ2v) is 5.82. The first-order chi connectivity index (χ1) is 9.74. The molecule has 0 bridgehead atoms. The van der Waals surface area contributed by atoms with Gasteiger partial charge in [-0.2, -0.15) is 0 Å². The Hall–Kier alpha value is -1.83. The largest absolute Gasteiger partial charge is 0.349 e. The molecule has 1 saturated carbocycles. The highest BCUT2D eigenvalue weighted by molar-refractivity contribution is 5.83. The Balaban J connectivity index is 1.74. The molecule has 2 aromatic carbocycles. The van der Waals surface area contributed by atoms with Crippen LogP contribution >= 0.6 is 0 Å². The zero-order valence-corrected chi connectivity index (χ0v) is 11.9. The van der Waals surface area contributed by atoms with E-state index in [0.29, 0.717) is 0 Å². The van der Waals surface area contributed by atoms with Crippen LogP contribution in [0.4, 0.5) is 0 Å². The lowest BCUT2D eigenvalue weighted by Crippen LogP contribution is -2.31. The van der Waals surface area contributed by atoms with Crippen LogP contribution in [0.1, 0.15) is 44.2 Å². The Morgan fingerprint density at radius 2 is 1.80 bits per heavy atom. The summed E-state index contributed by atoms with van der Waals surface area (Å²) in [6.07, 6.45) is 4.50. The molecule has 1 unspecified atom stereocenters. The number of carbonyl (C=O) groups is 1. The minimum absolute atomic E-state index is 0.0766. The summed E-state index contributed by atoms with van der Waals surface area (Å²) in [6, 6.07) is 14.8. The van der Waals surface area contributed by atoms with Gasteiger partial charge in [-0.25, -0.2) is 0 Å². The fourth-order valence-corrected chi connectivity index (χ4v) is 3.08. The van der Waals surface area contributed by atoms with Gasteiger partial charge >= 0.3 is 0 Å². The van der Waals surface area contributed by atoms with Gasteiger partial charge in [-0.05, 0) is 42.2 Å². The smallest absolute Gasteiger partial charge is 0.223 e. The summed E-state index contributed by atoms with van der Waals surface area (Å²) in [5, 5.41) is 5.63. The molecule has 104 valence electrons. The van der Waals surface area contributed by atoms with Crippen LogP contribution in [0.2, 0.25) is 0 Å². The summed E-state index contributed by atoms with van der Waals surface area (Å²) in [4.78, 5) is 12.2. The van der Waals surface area contributed by atoms with Crippen molar-refractivity contribution in [3.8, 4) is 0 Å². The van der Waals surface area contributed by atoms with Gasteiger partial charge in [0.1, 0.15) is 0 Å². The molecule has 1 aliphatic carbocycles. The Bertz CT molecular complexity index is 614. The maximum atomic E-state index is 12.2. The van der Waals surface area contributed by atoms with E-state index < -0.39 is 0 Å². The van der Waals surface area contributed by atoms with Gasteiger partial charge in [-0.15, -0.1) is 0 Å². The number of nitrogens with one attached hydrogen (secondary N) is 1. The maximum absolute atomic E-state index is 12.2. The SMILES string of the molecule is CC(NC(=O)C1CCCC1)c1ccc2ccccc2c1. The number of carbonyl (C=O) groups excluding carboxylic acids is 1. The van der Waals surface area contributed by atoms with E-state index in [2.05, 4.69) is 42.6 Å². The molecule has 0 aliphatic heterocycles. The van der Waals surface area contributed by atoms with Gasteiger partial charge in [0.2, 0.25) is 5.91 Å². The van der Waals surface area contributed by atoms with E-state index in [1.807, 2.05) is 12.1 Å². The molecule has 0 saturated heterocycles. The molecule has 2 heteroatoms. The van der Waals surface area contributed by atoms with Crippen LogP contribution in [0.25, 0.3) is 10.8 Å². The molecule has 3 rings (SSSR count). The molecule has 0 spiro atoms. The highest BCUT2D eigenvalue weighted by Crippen LogP contribution is 2.26. The highest BCUT2D eigenvalue weighted by Gasteiger charge is 2.23. The lowest BCUT2D eigenvalue weighted by atomic mass is 10.0. The summed E-state index contributed by atoms with van der Waals surface area (Å²) < 4.78 is 0. The number of hydrogen-bond acceptors (Lipinski definition) is 1. The molecule has 1 fully saturated rings. The van der Waals surface area contributed by atoms with Crippen LogP contribution in [-0.4, -0.2) is 5.91 Å². The maximum Gasteiger partial charge on any atom is 0.223 e. The number of rotatable bonds is 3. The normalized spacial score (nSPS) is 17.2. The average molecular weight is 267 g/mol. The van der Waals surface area contributed by atoms with Gasteiger partial charge in [-0.3, -0.25) is 4.79 Å². The third kappa shape index (κ3) is 2.69. The Morgan fingerprint density at radius 1 is 1.10 bits per heavy atom. The van der Waals surface area contributed by atoms with Crippen molar-refractivity contribution in [2.45, 2.75) is 38.6 Å². The second kappa shape index (κ2) is 5.66. The molecular formula is C18H21NO. The molecule has 1 amide bonds. The van der Waals surface area contributed by atoms with E-state index >= 15 is 0 Å². The topological polar surface area (TPSA) is 29.1 Å². The molecule has 1 N–H and O–H groups in total. The standard InChI is InChI=1S/C18H21NO/c1-13(19-18(20)15-7-3-4-8-15)16-11-10-14-6-2-5-9-17(14)12-16/h2,5-6,9-13,15H,3-4,7-8H2,1H3,(H,19,20). The molecule has 0 radical (unpaired) electrons. The highest BCUT2D eigenvalue weighted by atomic mass is 16.1. The van der Waals surface area contributed by atoms with E-state index in [4.69, 9.17) is 0 Å². The van der Waals surface area contributed by atoms with E-state index in [9.17, 15) is 4.79 Å². The zero-order chi connectivity index (χ0) is 13.9. The van der Waals surface area contributed by atoms with Crippen molar-refractivity contribution in [3.63, 3.8) is 0 Å². The van der Waals surface area contributed by atoms with E-state index in [0.717, 1.165) is 12.8 Å². The van der Waals surface area contributed by atoms with Crippen molar-refractivity contribution >= 4 is 16.7 Å². The van der Waals surface area contributed by atoms with Crippen LogP contribution in [0.5, 0.6) is 0 Å². The van der Waals surface area contributed by atoms with Crippen molar-refractivity contribution in [1.29, 1.82) is 0 Å². The van der Waals surface area contributed by atoms with E-state index in [-0.39, 0.29) is 17.9 Å². The number of hydrogen-bond donors (Lipinski definition) is 1. The monoisotopic (exact) mass is 267 g/mol. The summed E-state index contributed by atoms with van der Waals surface area (Å²) in [5.41, 5.74) is 1.18. The van der Waals surface area contributed by atoms with Gasteiger partial charge in [0.15, 0.2) is 0 Å². The molecule has 2 nitrogen and oxygen atoms in total. The number of amides is 1. The minimum Gasteiger partial charge on any atom is -0.349 e. The van der Waals surface area contributed by atoms with Crippen LogP contribution in [0.3, 0.4) is 0 Å². The quantitative estimate of drug-likeness (QED) is 0.887. The van der Waals surface area contributed by atoms with Crippen LogP contribution < -0.4 is 5.32 Å². The van der Waals surface area contributed by atoms with E-state index in [1.54, 1.807) is 0 Å². The third-order valence-corrected chi connectivity index (χ3v) is 4.36. The average Bonchev–Trinajstić information content (AvgIpc) is 3.01. The number of fused-ring (bicyclic) bond motifs is 1. The predicted molar refractivity (Wildman–Crippen MR) is 82.5 cm³/mol. The van der Waals surface area contributed by atoms with Crippen molar-refractivity contribution < 1.29 is 4.79 Å². The minimum atomic E-state index is 0.0766. The summed E-state index contributed by atoms with van der Waals surface area (Å²) >= 11 is 0. The van der Waals surface area contributed by atoms with Gasteiger partial charge in [0, 0.05) is 5.92 Å². The first kappa shape index (κ1) is 13.2. The van der Waals surface area contributed by atoms with Crippen molar-refractivity contribution in [1.82, 2.24) is 5.32 Å². The molecule has 0 heterocycles. The molecule has 1 atom stereocenters. The lowest BCUT2D eigenvalue weighted by Gasteiger charge is -2.17. The third-order valence-electron chi connectivity index (χ3n) is 4.36. The fraction of sp³-hybridized carbons (Fsp3) is 0.389. The van der Waals surface area contributed by atoms with Crippen molar-refractivity contribution in [2.24, 2.45) is 5.92 Å². The molecule has 1 aliphatic rings. The van der Waals surface area contributed by atoms with Gasteiger partial charge in [0.25, 0.3) is 0 Å². The summed E-state index contributed by atoms with van der Waals surface area (Å²) in [7, 11) is 0. The molecule has 2 aromatic rings. The predicted octanol–water partition coefficient (Wildman–Crippen LogP) is 4.21. The lowest BCUT2D eigenvalue weighted by molar-refractivity contribution is -0.125. The van der Waals surface area contributed by atoms with Crippen LogP contribution in [0, 0.1) is 5.92 Å². The molecule has 0 aromatic heterocycles. The van der Waals surface area contributed by atoms with Crippen LogP contribution in [0.15, 0.2) is 42.5 Å².